The lowest BCUT2D eigenvalue weighted by atomic mass is 10.2. The largest absolute Gasteiger partial charge is 0.481 e. The van der Waals surface area contributed by atoms with Crippen molar-refractivity contribution in [2.45, 2.75) is 26.0 Å². The number of nitrogens with one attached hydrogen (secondary N) is 1. The third-order valence-corrected chi connectivity index (χ3v) is 3.88. The van der Waals surface area contributed by atoms with Crippen LogP contribution in [0.25, 0.3) is 0 Å². The Balaban J connectivity index is 1.66. The molecule has 1 atom stereocenters. The molecule has 0 aliphatic carbocycles. The van der Waals surface area contributed by atoms with Gasteiger partial charge in [0.05, 0.1) is 0 Å². The fourth-order valence-corrected chi connectivity index (χ4v) is 2.49. The van der Waals surface area contributed by atoms with Crippen LogP contribution >= 0.6 is 0 Å². The molecular formula is C20H24F2N2O2. The highest BCUT2D eigenvalue weighted by Gasteiger charge is 2.15. The van der Waals surface area contributed by atoms with E-state index in [2.05, 4.69) is 22.3 Å². The van der Waals surface area contributed by atoms with E-state index < -0.39 is 17.7 Å². The van der Waals surface area contributed by atoms with Gasteiger partial charge < -0.3 is 15.0 Å². The molecule has 0 heterocycles. The van der Waals surface area contributed by atoms with Crippen molar-refractivity contribution < 1.29 is 18.3 Å². The van der Waals surface area contributed by atoms with Gasteiger partial charge in [0, 0.05) is 19.2 Å². The van der Waals surface area contributed by atoms with Gasteiger partial charge in [0.2, 0.25) is 0 Å². The molecule has 0 saturated heterocycles. The van der Waals surface area contributed by atoms with Crippen LogP contribution in [0.3, 0.4) is 0 Å². The Morgan fingerprint density at radius 2 is 1.88 bits per heavy atom. The monoisotopic (exact) mass is 362 g/mol. The minimum absolute atomic E-state index is 0.120. The number of hydrogen-bond acceptors (Lipinski definition) is 3. The van der Waals surface area contributed by atoms with E-state index >= 15 is 0 Å². The fourth-order valence-electron chi connectivity index (χ4n) is 2.49. The van der Waals surface area contributed by atoms with E-state index in [1.165, 1.54) is 11.6 Å². The van der Waals surface area contributed by atoms with Gasteiger partial charge in [-0.05, 0) is 44.6 Å². The summed E-state index contributed by atoms with van der Waals surface area (Å²) in [6, 6.07) is 13.4. The summed E-state index contributed by atoms with van der Waals surface area (Å²) in [7, 11) is 2.03. The summed E-state index contributed by atoms with van der Waals surface area (Å²) < 4.78 is 31.4. The van der Waals surface area contributed by atoms with Crippen molar-refractivity contribution in [1.82, 2.24) is 10.2 Å². The van der Waals surface area contributed by atoms with E-state index in [0.29, 0.717) is 6.54 Å². The molecule has 1 amide bonds. The van der Waals surface area contributed by atoms with Gasteiger partial charge >= 0.3 is 0 Å². The number of hydrogen-bond donors (Lipinski definition) is 1. The molecule has 1 N–H and O–H groups in total. The molecule has 0 bridgehead atoms. The molecule has 0 aliphatic heterocycles. The average Bonchev–Trinajstić information content (AvgIpc) is 2.62. The van der Waals surface area contributed by atoms with E-state index in [1.807, 2.05) is 25.2 Å². The van der Waals surface area contributed by atoms with Crippen molar-refractivity contribution in [3.8, 4) is 5.75 Å². The lowest BCUT2D eigenvalue weighted by molar-refractivity contribution is -0.127. The maximum atomic E-state index is 13.2. The van der Waals surface area contributed by atoms with E-state index in [1.54, 1.807) is 6.92 Å². The number of benzene rings is 2. The molecule has 2 aromatic rings. The number of nitrogens with zero attached hydrogens (tertiary/aromatic N) is 1. The van der Waals surface area contributed by atoms with Crippen LogP contribution in [0.5, 0.6) is 5.75 Å². The van der Waals surface area contributed by atoms with Crippen LogP contribution in [0.4, 0.5) is 8.78 Å². The molecule has 2 rings (SSSR count). The predicted octanol–water partition coefficient (Wildman–Crippen LogP) is 3.37. The van der Waals surface area contributed by atoms with E-state index in [0.717, 1.165) is 31.6 Å². The summed E-state index contributed by atoms with van der Waals surface area (Å²) in [6.45, 7) is 3.78. The Kier molecular flexibility index (Phi) is 7.53. The summed E-state index contributed by atoms with van der Waals surface area (Å²) in [4.78, 5) is 14.2. The summed E-state index contributed by atoms with van der Waals surface area (Å²) in [5, 5.41) is 2.79. The Morgan fingerprint density at radius 3 is 2.58 bits per heavy atom. The van der Waals surface area contributed by atoms with Crippen LogP contribution in [0, 0.1) is 11.6 Å². The van der Waals surface area contributed by atoms with Crippen LogP contribution in [-0.2, 0) is 11.3 Å². The topological polar surface area (TPSA) is 41.6 Å². The maximum absolute atomic E-state index is 13.2. The molecule has 6 heteroatoms. The molecular weight excluding hydrogens is 338 g/mol. The third kappa shape index (κ3) is 6.44. The minimum atomic E-state index is -1.00. The molecule has 26 heavy (non-hydrogen) atoms. The highest BCUT2D eigenvalue weighted by Crippen LogP contribution is 2.16. The smallest absolute Gasteiger partial charge is 0.260 e. The van der Waals surface area contributed by atoms with Gasteiger partial charge in [-0.2, -0.15) is 0 Å². The van der Waals surface area contributed by atoms with Gasteiger partial charge in [0.15, 0.2) is 17.7 Å². The normalized spacial score (nSPS) is 12.0. The molecule has 2 aromatic carbocycles. The first-order valence-electron chi connectivity index (χ1n) is 8.57. The molecule has 0 fully saturated rings. The number of rotatable bonds is 9. The summed E-state index contributed by atoms with van der Waals surface area (Å²) >= 11 is 0. The van der Waals surface area contributed by atoms with E-state index in [-0.39, 0.29) is 11.7 Å². The first-order chi connectivity index (χ1) is 12.5. The number of amides is 1. The third-order valence-electron chi connectivity index (χ3n) is 3.88. The number of carbonyl (C=O) groups excluding carboxylic acids is 1. The standard InChI is InChI=1S/C20H24F2N2O2/c1-15(26-17-9-10-18(21)19(22)13-17)20(25)23-11-6-12-24(2)14-16-7-4-3-5-8-16/h3-5,7-10,13,15H,6,11-12,14H2,1-2H3,(H,23,25). The van der Waals surface area contributed by atoms with Gasteiger partial charge in [-0.3, -0.25) is 4.79 Å². The van der Waals surface area contributed by atoms with E-state index in [9.17, 15) is 13.6 Å². The van der Waals surface area contributed by atoms with Crippen LogP contribution in [0.2, 0.25) is 0 Å². The molecule has 0 saturated carbocycles. The van der Waals surface area contributed by atoms with Gasteiger partial charge in [-0.25, -0.2) is 8.78 Å². The van der Waals surface area contributed by atoms with Crippen molar-refractivity contribution in [2.75, 3.05) is 20.1 Å². The van der Waals surface area contributed by atoms with Gasteiger partial charge in [-0.1, -0.05) is 30.3 Å². The highest BCUT2D eigenvalue weighted by atomic mass is 19.2. The number of carbonyl (C=O) groups is 1. The van der Waals surface area contributed by atoms with Crippen molar-refractivity contribution in [3.05, 3.63) is 65.7 Å². The molecule has 0 aromatic heterocycles. The Morgan fingerprint density at radius 1 is 1.15 bits per heavy atom. The van der Waals surface area contributed by atoms with E-state index in [4.69, 9.17) is 4.74 Å². The second-order valence-corrected chi connectivity index (χ2v) is 6.20. The zero-order valence-electron chi connectivity index (χ0n) is 15.0. The van der Waals surface area contributed by atoms with Crippen molar-refractivity contribution in [2.24, 2.45) is 0 Å². The highest BCUT2D eigenvalue weighted by molar-refractivity contribution is 5.80. The van der Waals surface area contributed by atoms with Crippen molar-refractivity contribution in [3.63, 3.8) is 0 Å². The maximum Gasteiger partial charge on any atom is 0.260 e. The molecule has 4 nitrogen and oxygen atoms in total. The number of ether oxygens (including phenoxy) is 1. The van der Waals surface area contributed by atoms with Crippen LogP contribution in [0.15, 0.2) is 48.5 Å². The van der Waals surface area contributed by atoms with Crippen LogP contribution < -0.4 is 10.1 Å². The van der Waals surface area contributed by atoms with Crippen molar-refractivity contribution in [1.29, 1.82) is 0 Å². The van der Waals surface area contributed by atoms with Crippen LogP contribution in [0.1, 0.15) is 18.9 Å². The van der Waals surface area contributed by atoms with Gasteiger partial charge in [-0.15, -0.1) is 0 Å². The Bertz CT molecular complexity index is 710. The molecule has 0 spiro atoms. The summed E-state index contributed by atoms with van der Waals surface area (Å²) in [5.74, 6) is -2.12. The molecule has 140 valence electrons. The molecule has 0 aliphatic rings. The second kappa shape index (κ2) is 9.87. The lowest BCUT2D eigenvalue weighted by Gasteiger charge is -2.18. The Hall–Kier alpha value is -2.47. The Labute approximate surface area is 152 Å². The summed E-state index contributed by atoms with van der Waals surface area (Å²) in [6.07, 6.45) is 0.00868. The zero-order valence-corrected chi connectivity index (χ0v) is 15.0. The quantitative estimate of drug-likeness (QED) is 0.696. The second-order valence-electron chi connectivity index (χ2n) is 6.20. The first kappa shape index (κ1) is 19.8. The predicted molar refractivity (Wildman–Crippen MR) is 96.9 cm³/mol. The average molecular weight is 362 g/mol. The van der Waals surface area contributed by atoms with Crippen LogP contribution in [-0.4, -0.2) is 37.0 Å². The lowest BCUT2D eigenvalue weighted by Crippen LogP contribution is -2.37. The number of halogens is 2. The zero-order chi connectivity index (χ0) is 18.9. The first-order valence-corrected chi connectivity index (χ1v) is 8.57. The van der Waals surface area contributed by atoms with Crippen molar-refractivity contribution >= 4 is 5.91 Å². The summed E-state index contributed by atoms with van der Waals surface area (Å²) in [5.41, 5.74) is 1.24. The SMILES string of the molecule is CC(Oc1ccc(F)c(F)c1)C(=O)NCCCN(C)Cc1ccccc1. The molecule has 1 unspecified atom stereocenters. The van der Waals surface area contributed by atoms with Gasteiger partial charge in [0.25, 0.3) is 5.91 Å². The molecule has 0 radical (unpaired) electrons. The minimum Gasteiger partial charge on any atom is -0.481 e. The fraction of sp³-hybridized carbons (Fsp3) is 0.350. The van der Waals surface area contributed by atoms with Gasteiger partial charge in [0.1, 0.15) is 5.75 Å².